The Labute approximate surface area is 109 Å². The number of phenolic OH excluding ortho intramolecular Hbond substituents is 1. The summed E-state index contributed by atoms with van der Waals surface area (Å²) in [5, 5.41) is 9.75. The molecule has 0 aromatic heterocycles. The molecule has 1 N–H and O–H groups in total. The molecule has 94 valence electrons. The van der Waals surface area contributed by atoms with E-state index >= 15 is 0 Å². The first-order valence-corrected chi connectivity index (χ1v) is 6.48. The standard InChI is InChI=1S/C17H20O/c1-4-15(14-8-6-5-7-9-14)16-10-13(3)17(18)11-12(16)2/h5-11,15,18H,4H2,1-3H3. The van der Waals surface area contributed by atoms with E-state index in [9.17, 15) is 5.11 Å². The van der Waals surface area contributed by atoms with Crippen LogP contribution in [0.1, 0.15) is 41.5 Å². The Morgan fingerprint density at radius 2 is 1.67 bits per heavy atom. The highest BCUT2D eigenvalue weighted by molar-refractivity contribution is 5.45. The average Bonchev–Trinajstić information content (AvgIpc) is 2.38. The van der Waals surface area contributed by atoms with Gasteiger partial charge in [0, 0.05) is 5.92 Å². The van der Waals surface area contributed by atoms with Crippen molar-refractivity contribution in [2.45, 2.75) is 33.1 Å². The monoisotopic (exact) mass is 240 g/mol. The zero-order chi connectivity index (χ0) is 13.1. The van der Waals surface area contributed by atoms with Crippen LogP contribution < -0.4 is 0 Å². The van der Waals surface area contributed by atoms with Crippen LogP contribution in [-0.2, 0) is 0 Å². The molecular weight excluding hydrogens is 220 g/mol. The Balaban J connectivity index is 2.49. The lowest BCUT2D eigenvalue weighted by atomic mass is 9.85. The lowest BCUT2D eigenvalue weighted by Gasteiger charge is -2.19. The van der Waals surface area contributed by atoms with Gasteiger partial charge in [0.1, 0.15) is 5.75 Å². The molecule has 0 aliphatic heterocycles. The van der Waals surface area contributed by atoms with Gasteiger partial charge in [0.25, 0.3) is 0 Å². The molecule has 0 radical (unpaired) electrons. The van der Waals surface area contributed by atoms with E-state index in [0.717, 1.165) is 17.5 Å². The summed E-state index contributed by atoms with van der Waals surface area (Å²) in [6.45, 7) is 6.23. The first-order chi connectivity index (χ1) is 8.63. The average molecular weight is 240 g/mol. The summed E-state index contributed by atoms with van der Waals surface area (Å²) in [4.78, 5) is 0. The van der Waals surface area contributed by atoms with Crippen molar-refractivity contribution in [3.05, 3.63) is 64.7 Å². The van der Waals surface area contributed by atoms with Crippen LogP contribution in [-0.4, -0.2) is 5.11 Å². The smallest absolute Gasteiger partial charge is 0.118 e. The molecule has 0 fully saturated rings. The molecule has 0 aliphatic rings. The molecule has 0 heterocycles. The first-order valence-electron chi connectivity index (χ1n) is 6.48. The Kier molecular flexibility index (Phi) is 3.71. The number of hydrogen-bond acceptors (Lipinski definition) is 1. The minimum absolute atomic E-state index is 0.388. The first kappa shape index (κ1) is 12.7. The van der Waals surface area contributed by atoms with Gasteiger partial charge in [0.2, 0.25) is 0 Å². The second-order valence-corrected chi connectivity index (χ2v) is 4.87. The lowest BCUT2D eigenvalue weighted by Crippen LogP contribution is -2.02. The molecule has 0 saturated carbocycles. The van der Waals surface area contributed by atoms with Crippen LogP contribution in [0.2, 0.25) is 0 Å². The van der Waals surface area contributed by atoms with Gasteiger partial charge in [-0.1, -0.05) is 43.3 Å². The van der Waals surface area contributed by atoms with Crippen molar-refractivity contribution in [2.24, 2.45) is 0 Å². The molecule has 0 bridgehead atoms. The lowest BCUT2D eigenvalue weighted by molar-refractivity contribution is 0.470. The Morgan fingerprint density at radius 3 is 2.28 bits per heavy atom. The maximum Gasteiger partial charge on any atom is 0.118 e. The molecule has 1 nitrogen and oxygen atoms in total. The van der Waals surface area contributed by atoms with Crippen LogP contribution in [0.5, 0.6) is 5.75 Å². The fourth-order valence-electron chi connectivity index (χ4n) is 2.52. The molecule has 18 heavy (non-hydrogen) atoms. The zero-order valence-electron chi connectivity index (χ0n) is 11.3. The highest BCUT2D eigenvalue weighted by Crippen LogP contribution is 2.33. The van der Waals surface area contributed by atoms with E-state index in [1.807, 2.05) is 19.1 Å². The summed E-state index contributed by atoms with van der Waals surface area (Å²) in [5.74, 6) is 0.796. The van der Waals surface area contributed by atoms with Gasteiger partial charge in [-0.3, -0.25) is 0 Å². The van der Waals surface area contributed by atoms with Gasteiger partial charge in [-0.05, 0) is 48.6 Å². The van der Waals surface area contributed by atoms with Gasteiger partial charge < -0.3 is 5.11 Å². The van der Waals surface area contributed by atoms with E-state index in [-0.39, 0.29) is 0 Å². The molecule has 0 spiro atoms. The van der Waals surface area contributed by atoms with Crippen molar-refractivity contribution in [1.29, 1.82) is 0 Å². The van der Waals surface area contributed by atoms with Gasteiger partial charge in [-0.25, -0.2) is 0 Å². The second kappa shape index (κ2) is 5.26. The van der Waals surface area contributed by atoms with Gasteiger partial charge in [-0.2, -0.15) is 0 Å². The summed E-state index contributed by atoms with van der Waals surface area (Å²) in [6, 6.07) is 14.6. The van der Waals surface area contributed by atoms with E-state index in [4.69, 9.17) is 0 Å². The van der Waals surface area contributed by atoms with Crippen molar-refractivity contribution >= 4 is 0 Å². The number of hydrogen-bond donors (Lipinski definition) is 1. The Morgan fingerprint density at radius 1 is 1.00 bits per heavy atom. The fraction of sp³-hybridized carbons (Fsp3) is 0.294. The van der Waals surface area contributed by atoms with Crippen LogP contribution in [0, 0.1) is 13.8 Å². The molecule has 2 rings (SSSR count). The third-order valence-corrected chi connectivity index (χ3v) is 3.57. The molecule has 2 aromatic rings. The summed E-state index contributed by atoms with van der Waals surface area (Å²) in [7, 11) is 0. The van der Waals surface area contributed by atoms with Crippen molar-refractivity contribution in [3.8, 4) is 5.75 Å². The number of aromatic hydroxyl groups is 1. The Hall–Kier alpha value is -1.76. The zero-order valence-corrected chi connectivity index (χ0v) is 11.3. The maximum atomic E-state index is 9.75. The maximum absolute atomic E-state index is 9.75. The van der Waals surface area contributed by atoms with Crippen LogP contribution >= 0.6 is 0 Å². The van der Waals surface area contributed by atoms with Crippen molar-refractivity contribution < 1.29 is 5.11 Å². The van der Waals surface area contributed by atoms with Gasteiger partial charge >= 0.3 is 0 Å². The molecule has 1 unspecified atom stereocenters. The predicted octanol–water partition coefficient (Wildman–Crippen LogP) is 4.55. The molecule has 2 aromatic carbocycles. The number of rotatable bonds is 3. The second-order valence-electron chi connectivity index (χ2n) is 4.87. The van der Waals surface area contributed by atoms with E-state index in [1.54, 1.807) is 0 Å². The minimum atomic E-state index is 0.388. The third kappa shape index (κ3) is 2.40. The summed E-state index contributed by atoms with van der Waals surface area (Å²) < 4.78 is 0. The third-order valence-electron chi connectivity index (χ3n) is 3.57. The molecule has 1 heteroatoms. The number of phenols is 1. The number of benzene rings is 2. The SMILES string of the molecule is CCC(c1ccccc1)c1cc(C)c(O)cc1C. The summed E-state index contributed by atoms with van der Waals surface area (Å²) >= 11 is 0. The van der Waals surface area contributed by atoms with E-state index in [2.05, 4.69) is 44.2 Å². The van der Waals surface area contributed by atoms with Gasteiger partial charge in [-0.15, -0.1) is 0 Å². The van der Waals surface area contributed by atoms with Crippen molar-refractivity contribution in [1.82, 2.24) is 0 Å². The molecule has 0 aliphatic carbocycles. The quantitative estimate of drug-likeness (QED) is 0.834. The Bertz CT molecular complexity index is 529. The molecule has 0 saturated heterocycles. The fourth-order valence-corrected chi connectivity index (χ4v) is 2.52. The summed E-state index contributed by atoms with van der Waals surface area (Å²) in [5.41, 5.74) is 4.77. The van der Waals surface area contributed by atoms with Crippen LogP contribution in [0.4, 0.5) is 0 Å². The largest absolute Gasteiger partial charge is 0.508 e. The molecule has 1 atom stereocenters. The predicted molar refractivity (Wildman–Crippen MR) is 76.2 cm³/mol. The van der Waals surface area contributed by atoms with Gasteiger partial charge in [0.05, 0.1) is 0 Å². The van der Waals surface area contributed by atoms with Gasteiger partial charge in [0.15, 0.2) is 0 Å². The van der Waals surface area contributed by atoms with Crippen LogP contribution in [0.25, 0.3) is 0 Å². The minimum Gasteiger partial charge on any atom is -0.508 e. The van der Waals surface area contributed by atoms with Crippen molar-refractivity contribution in [3.63, 3.8) is 0 Å². The van der Waals surface area contributed by atoms with E-state index in [0.29, 0.717) is 11.7 Å². The topological polar surface area (TPSA) is 20.2 Å². The number of aryl methyl sites for hydroxylation is 2. The normalized spacial score (nSPS) is 12.4. The van der Waals surface area contributed by atoms with E-state index < -0.39 is 0 Å². The van der Waals surface area contributed by atoms with Crippen LogP contribution in [0.3, 0.4) is 0 Å². The summed E-state index contributed by atoms with van der Waals surface area (Å²) in [6.07, 6.45) is 1.06. The molecular formula is C17H20O. The van der Waals surface area contributed by atoms with Crippen LogP contribution in [0.15, 0.2) is 42.5 Å². The highest BCUT2D eigenvalue weighted by Gasteiger charge is 2.15. The molecule has 0 amide bonds. The van der Waals surface area contributed by atoms with E-state index in [1.165, 1.54) is 11.1 Å². The van der Waals surface area contributed by atoms with Crippen molar-refractivity contribution in [2.75, 3.05) is 0 Å². The highest BCUT2D eigenvalue weighted by atomic mass is 16.3.